The van der Waals surface area contributed by atoms with Crippen LogP contribution < -0.4 is 9.62 Å². The molecule has 0 aliphatic carbocycles. The molecule has 0 aliphatic rings. The molecule has 1 N–H and O–H groups in total. The Morgan fingerprint density at radius 1 is 0.902 bits per heavy atom. The van der Waals surface area contributed by atoms with E-state index in [9.17, 15) is 18.0 Å². The van der Waals surface area contributed by atoms with Crippen LogP contribution in [0, 0.1) is 13.8 Å². The number of sulfonamides is 1. The zero-order valence-corrected chi connectivity index (χ0v) is 26.7. The quantitative estimate of drug-likeness (QED) is 0.251. The summed E-state index contributed by atoms with van der Waals surface area (Å²) in [6.07, 6.45) is 0.697. The number of benzene rings is 3. The molecular formula is C30H34Cl3N3O4S. The van der Waals surface area contributed by atoms with Crippen molar-refractivity contribution in [2.45, 2.75) is 64.6 Å². The van der Waals surface area contributed by atoms with Crippen molar-refractivity contribution >= 4 is 62.3 Å². The molecule has 0 spiro atoms. The van der Waals surface area contributed by atoms with Crippen molar-refractivity contribution in [3.05, 3.63) is 92.4 Å². The smallest absolute Gasteiger partial charge is 0.264 e. The first kappa shape index (κ1) is 32.7. The average molecular weight is 639 g/mol. The van der Waals surface area contributed by atoms with Crippen molar-refractivity contribution in [2.24, 2.45) is 0 Å². The number of halogens is 3. The predicted octanol–water partition coefficient (Wildman–Crippen LogP) is 6.79. The minimum absolute atomic E-state index is 0.0313. The SMILES string of the molecule is CCC(C)NC(=O)C(C)N(Cc1c(Cl)cccc1Cl)C(=O)CN(c1ccc(C)c(C)c1)S(=O)(=O)c1ccc(Cl)cc1. The molecule has 2 atom stereocenters. The fourth-order valence-corrected chi connectivity index (χ4v) is 6.09. The number of rotatable bonds is 11. The highest BCUT2D eigenvalue weighted by Gasteiger charge is 2.33. The third-order valence-corrected chi connectivity index (χ3v) is 9.77. The van der Waals surface area contributed by atoms with Crippen LogP contribution in [0.1, 0.15) is 43.9 Å². The molecule has 0 saturated carbocycles. The lowest BCUT2D eigenvalue weighted by Gasteiger charge is -2.33. The molecule has 11 heteroatoms. The van der Waals surface area contributed by atoms with E-state index in [2.05, 4.69) is 5.32 Å². The van der Waals surface area contributed by atoms with Crippen LogP contribution in [0.25, 0.3) is 0 Å². The van der Waals surface area contributed by atoms with Crippen molar-refractivity contribution in [2.75, 3.05) is 10.8 Å². The second-order valence-electron chi connectivity index (χ2n) is 9.95. The monoisotopic (exact) mass is 637 g/mol. The van der Waals surface area contributed by atoms with Gasteiger partial charge in [-0.05, 0) is 93.8 Å². The number of aryl methyl sites for hydroxylation is 2. The van der Waals surface area contributed by atoms with Crippen LogP contribution in [-0.2, 0) is 26.2 Å². The Hall–Kier alpha value is -2.78. The Labute approximate surface area is 257 Å². The molecule has 3 aromatic rings. The number of nitrogens with one attached hydrogen (secondary N) is 1. The maximum Gasteiger partial charge on any atom is 0.264 e. The summed E-state index contributed by atoms with van der Waals surface area (Å²) in [5.74, 6) is -0.988. The molecule has 2 unspecified atom stereocenters. The maximum atomic E-state index is 14.1. The summed E-state index contributed by atoms with van der Waals surface area (Å²) in [7, 11) is -4.21. The molecule has 41 heavy (non-hydrogen) atoms. The van der Waals surface area contributed by atoms with Gasteiger partial charge < -0.3 is 10.2 Å². The van der Waals surface area contributed by atoms with Crippen LogP contribution in [0.4, 0.5) is 5.69 Å². The number of hydrogen-bond donors (Lipinski definition) is 1. The molecule has 3 rings (SSSR count). The van der Waals surface area contributed by atoms with Gasteiger partial charge in [-0.15, -0.1) is 0 Å². The van der Waals surface area contributed by atoms with Crippen LogP contribution in [0.15, 0.2) is 65.6 Å². The third kappa shape index (κ3) is 7.95. The highest BCUT2D eigenvalue weighted by atomic mass is 35.5. The zero-order valence-electron chi connectivity index (χ0n) is 23.6. The molecule has 2 amide bonds. The predicted molar refractivity (Wildman–Crippen MR) is 166 cm³/mol. The molecule has 220 valence electrons. The van der Waals surface area contributed by atoms with Crippen molar-refractivity contribution in [3.63, 3.8) is 0 Å². The second kappa shape index (κ2) is 13.9. The van der Waals surface area contributed by atoms with E-state index in [1.165, 1.54) is 29.2 Å². The second-order valence-corrected chi connectivity index (χ2v) is 13.1. The fourth-order valence-electron chi connectivity index (χ4n) is 4.05. The highest BCUT2D eigenvalue weighted by Crippen LogP contribution is 2.29. The molecule has 0 aliphatic heterocycles. The van der Waals surface area contributed by atoms with Crippen LogP contribution in [0.5, 0.6) is 0 Å². The topological polar surface area (TPSA) is 86.8 Å². The molecule has 0 fully saturated rings. The fraction of sp³-hybridized carbons (Fsp3) is 0.333. The number of nitrogens with zero attached hydrogens (tertiary/aromatic N) is 2. The van der Waals surface area contributed by atoms with Gasteiger partial charge in [0.2, 0.25) is 11.8 Å². The summed E-state index contributed by atoms with van der Waals surface area (Å²) in [5.41, 5.74) is 2.58. The number of carbonyl (C=O) groups excluding carboxylic acids is 2. The first-order chi connectivity index (χ1) is 19.3. The number of anilines is 1. The Kier molecular flexibility index (Phi) is 11.1. The van der Waals surface area contributed by atoms with Gasteiger partial charge in [0.15, 0.2) is 0 Å². The van der Waals surface area contributed by atoms with Gasteiger partial charge in [-0.2, -0.15) is 0 Å². The Morgan fingerprint density at radius 2 is 1.51 bits per heavy atom. The highest BCUT2D eigenvalue weighted by molar-refractivity contribution is 7.92. The molecule has 0 heterocycles. The van der Waals surface area contributed by atoms with Crippen molar-refractivity contribution in [1.29, 1.82) is 0 Å². The third-order valence-electron chi connectivity index (χ3n) is 7.02. The molecule has 3 aromatic carbocycles. The van der Waals surface area contributed by atoms with Gasteiger partial charge in [-0.25, -0.2) is 8.42 Å². The van der Waals surface area contributed by atoms with Gasteiger partial charge in [0.05, 0.1) is 10.6 Å². The van der Waals surface area contributed by atoms with Gasteiger partial charge in [0, 0.05) is 33.2 Å². The molecule has 0 radical (unpaired) electrons. The minimum Gasteiger partial charge on any atom is -0.352 e. The van der Waals surface area contributed by atoms with Gasteiger partial charge in [-0.3, -0.25) is 13.9 Å². The van der Waals surface area contributed by atoms with Crippen molar-refractivity contribution in [3.8, 4) is 0 Å². The summed E-state index contributed by atoms with van der Waals surface area (Å²) in [6.45, 7) is 8.49. The van der Waals surface area contributed by atoms with E-state index in [0.717, 1.165) is 15.4 Å². The Bertz CT molecular complexity index is 1490. The van der Waals surface area contributed by atoms with E-state index < -0.39 is 28.5 Å². The van der Waals surface area contributed by atoms with Crippen LogP contribution in [0.3, 0.4) is 0 Å². The number of carbonyl (C=O) groups is 2. The summed E-state index contributed by atoms with van der Waals surface area (Å²) < 4.78 is 28.9. The van der Waals surface area contributed by atoms with Gasteiger partial charge in [0.1, 0.15) is 12.6 Å². The average Bonchev–Trinajstić information content (AvgIpc) is 2.92. The Morgan fingerprint density at radius 3 is 2.07 bits per heavy atom. The Balaban J connectivity index is 2.09. The van der Waals surface area contributed by atoms with Crippen molar-refractivity contribution in [1.82, 2.24) is 10.2 Å². The summed E-state index contributed by atoms with van der Waals surface area (Å²) in [6, 6.07) is 14.8. The lowest BCUT2D eigenvalue weighted by molar-refractivity contribution is -0.139. The maximum absolute atomic E-state index is 14.1. The number of amides is 2. The standard InChI is InChI=1S/C30H34Cl3N3O4S/c1-6-21(4)34-30(38)22(5)35(17-26-27(32)8-7-9-28(26)33)29(37)18-36(24-13-10-19(2)20(3)16-24)41(39,40)25-14-11-23(31)12-15-25/h7-16,21-22H,6,17-18H2,1-5H3,(H,34,38). The summed E-state index contributed by atoms with van der Waals surface area (Å²) >= 11 is 18.9. The summed E-state index contributed by atoms with van der Waals surface area (Å²) in [5, 5.41) is 3.92. The van der Waals surface area contributed by atoms with Gasteiger partial charge in [0.25, 0.3) is 10.0 Å². The molecule has 0 saturated heterocycles. The minimum atomic E-state index is -4.21. The van der Waals surface area contributed by atoms with Crippen LogP contribution in [-0.4, -0.2) is 43.8 Å². The first-order valence-corrected chi connectivity index (χ1v) is 15.7. The van der Waals surface area contributed by atoms with Crippen molar-refractivity contribution < 1.29 is 18.0 Å². The van der Waals surface area contributed by atoms with Gasteiger partial charge in [-0.1, -0.05) is 53.9 Å². The lowest BCUT2D eigenvalue weighted by atomic mass is 10.1. The van der Waals surface area contributed by atoms with Crippen LogP contribution in [0.2, 0.25) is 15.1 Å². The molecule has 7 nitrogen and oxygen atoms in total. The zero-order chi connectivity index (χ0) is 30.5. The van der Waals surface area contributed by atoms with E-state index in [1.54, 1.807) is 43.3 Å². The van der Waals surface area contributed by atoms with Gasteiger partial charge >= 0.3 is 0 Å². The number of hydrogen-bond acceptors (Lipinski definition) is 4. The van der Waals surface area contributed by atoms with E-state index in [1.807, 2.05) is 27.7 Å². The molecule has 0 bridgehead atoms. The van der Waals surface area contributed by atoms with E-state index in [0.29, 0.717) is 32.7 Å². The largest absolute Gasteiger partial charge is 0.352 e. The molecule has 0 aromatic heterocycles. The van der Waals surface area contributed by atoms with Crippen LogP contribution >= 0.6 is 34.8 Å². The van der Waals surface area contributed by atoms with E-state index in [-0.39, 0.29) is 23.4 Å². The van der Waals surface area contributed by atoms with E-state index in [4.69, 9.17) is 34.8 Å². The summed E-state index contributed by atoms with van der Waals surface area (Å²) in [4.78, 5) is 28.5. The lowest BCUT2D eigenvalue weighted by Crippen LogP contribution is -2.52. The molecular weight excluding hydrogens is 605 g/mol. The normalized spacial score (nSPS) is 12.9. The first-order valence-electron chi connectivity index (χ1n) is 13.1. The van der Waals surface area contributed by atoms with E-state index >= 15 is 0 Å².